The van der Waals surface area contributed by atoms with E-state index in [0.717, 1.165) is 12.0 Å². The van der Waals surface area contributed by atoms with Gasteiger partial charge in [-0.1, -0.05) is 43.3 Å². The molecule has 27 heavy (non-hydrogen) atoms. The van der Waals surface area contributed by atoms with Gasteiger partial charge in [0.1, 0.15) is 0 Å². The van der Waals surface area contributed by atoms with Gasteiger partial charge in [-0.15, -0.1) is 0 Å². The molecule has 1 N–H and O–H groups in total. The SMILES string of the molecule is CCc1ccc(C(CNC(=O)c2ccc(CS(C)(=O)=O)cc2)N(C)C)cc1. The summed E-state index contributed by atoms with van der Waals surface area (Å²) in [7, 11) is 0.898. The van der Waals surface area contributed by atoms with E-state index in [4.69, 9.17) is 0 Å². The molecule has 2 rings (SSSR count). The molecule has 5 nitrogen and oxygen atoms in total. The van der Waals surface area contributed by atoms with Crippen molar-refractivity contribution in [1.29, 1.82) is 0 Å². The van der Waals surface area contributed by atoms with Gasteiger partial charge in [-0.3, -0.25) is 4.79 Å². The number of amides is 1. The van der Waals surface area contributed by atoms with E-state index in [1.54, 1.807) is 24.3 Å². The molecule has 0 saturated heterocycles. The summed E-state index contributed by atoms with van der Waals surface area (Å²) in [4.78, 5) is 14.5. The number of sulfone groups is 1. The van der Waals surface area contributed by atoms with E-state index < -0.39 is 9.84 Å². The monoisotopic (exact) mass is 388 g/mol. The van der Waals surface area contributed by atoms with Crippen LogP contribution in [0, 0.1) is 0 Å². The minimum atomic E-state index is -3.08. The Morgan fingerprint density at radius 3 is 2.04 bits per heavy atom. The number of hydrogen-bond acceptors (Lipinski definition) is 4. The van der Waals surface area contributed by atoms with Crippen molar-refractivity contribution in [3.63, 3.8) is 0 Å². The van der Waals surface area contributed by atoms with Gasteiger partial charge in [0.2, 0.25) is 0 Å². The van der Waals surface area contributed by atoms with Crippen LogP contribution in [-0.4, -0.2) is 46.1 Å². The molecule has 0 aromatic heterocycles. The summed E-state index contributed by atoms with van der Waals surface area (Å²) in [6.45, 7) is 2.61. The molecule has 1 amide bonds. The number of benzene rings is 2. The Kier molecular flexibility index (Phi) is 7.16. The average Bonchev–Trinajstić information content (AvgIpc) is 2.61. The first kappa shape index (κ1) is 21.1. The molecule has 146 valence electrons. The van der Waals surface area contributed by atoms with Gasteiger partial charge in [0.05, 0.1) is 11.8 Å². The van der Waals surface area contributed by atoms with Crippen LogP contribution in [0.2, 0.25) is 0 Å². The van der Waals surface area contributed by atoms with Crippen LogP contribution in [0.15, 0.2) is 48.5 Å². The van der Waals surface area contributed by atoms with Crippen LogP contribution in [0.25, 0.3) is 0 Å². The highest BCUT2D eigenvalue weighted by atomic mass is 32.2. The first-order valence-electron chi connectivity index (χ1n) is 8.99. The molecule has 0 aliphatic rings. The molecule has 6 heteroatoms. The van der Waals surface area contributed by atoms with Gasteiger partial charge < -0.3 is 10.2 Å². The van der Waals surface area contributed by atoms with Gasteiger partial charge >= 0.3 is 0 Å². The standard InChI is InChI=1S/C21H28N2O3S/c1-5-16-6-10-18(11-7-16)20(23(2)3)14-22-21(24)19-12-8-17(9-13-19)15-27(4,25)26/h6-13,20H,5,14-15H2,1-4H3,(H,22,24). The zero-order valence-corrected chi connectivity index (χ0v) is 17.2. The lowest BCUT2D eigenvalue weighted by Crippen LogP contribution is -2.34. The molecule has 0 aliphatic heterocycles. The van der Waals surface area contributed by atoms with Gasteiger partial charge in [0.25, 0.3) is 5.91 Å². The molecular formula is C21H28N2O3S. The van der Waals surface area contributed by atoms with E-state index in [-0.39, 0.29) is 17.7 Å². The Hall–Kier alpha value is -2.18. The summed E-state index contributed by atoms with van der Waals surface area (Å²) in [5.74, 6) is -0.191. The van der Waals surface area contributed by atoms with E-state index >= 15 is 0 Å². The lowest BCUT2D eigenvalue weighted by Gasteiger charge is -2.25. The van der Waals surface area contributed by atoms with Crippen LogP contribution in [0.4, 0.5) is 0 Å². The molecule has 1 unspecified atom stereocenters. The normalized spacial score (nSPS) is 12.8. The van der Waals surface area contributed by atoms with Crippen molar-refractivity contribution in [3.05, 3.63) is 70.8 Å². The second-order valence-corrected chi connectivity index (χ2v) is 9.19. The summed E-state index contributed by atoms with van der Waals surface area (Å²) >= 11 is 0. The summed E-state index contributed by atoms with van der Waals surface area (Å²) in [6.07, 6.45) is 2.20. The number of likely N-dealkylation sites (N-methyl/N-ethyl adjacent to an activating group) is 1. The fourth-order valence-corrected chi connectivity index (χ4v) is 3.72. The molecule has 0 saturated carbocycles. The van der Waals surface area contributed by atoms with E-state index in [1.165, 1.54) is 11.8 Å². The third-order valence-corrected chi connectivity index (χ3v) is 5.35. The van der Waals surface area contributed by atoms with E-state index in [2.05, 4.69) is 41.4 Å². The molecule has 0 aliphatic carbocycles. The molecule has 0 spiro atoms. The molecule has 0 fully saturated rings. The number of nitrogens with one attached hydrogen (secondary N) is 1. The lowest BCUT2D eigenvalue weighted by atomic mass is 10.0. The van der Waals surface area contributed by atoms with Gasteiger partial charge in [-0.2, -0.15) is 0 Å². The maximum absolute atomic E-state index is 12.5. The largest absolute Gasteiger partial charge is 0.350 e. The molecule has 0 radical (unpaired) electrons. The third kappa shape index (κ3) is 6.48. The van der Waals surface area contributed by atoms with Crippen LogP contribution < -0.4 is 5.32 Å². The summed E-state index contributed by atoms with van der Waals surface area (Å²) < 4.78 is 22.7. The number of carbonyl (C=O) groups is 1. The highest BCUT2D eigenvalue weighted by Crippen LogP contribution is 2.18. The Balaban J connectivity index is 2.02. The molecule has 2 aromatic carbocycles. The number of nitrogens with zero attached hydrogens (tertiary/aromatic N) is 1. The van der Waals surface area contributed by atoms with Gasteiger partial charge in [-0.05, 0) is 49.3 Å². The quantitative estimate of drug-likeness (QED) is 0.755. The van der Waals surface area contributed by atoms with Crippen molar-refractivity contribution in [1.82, 2.24) is 10.2 Å². The van der Waals surface area contributed by atoms with Crippen LogP contribution in [0.1, 0.15) is 40.0 Å². The van der Waals surface area contributed by atoms with Crippen molar-refractivity contribution >= 4 is 15.7 Å². The Morgan fingerprint density at radius 2 is 1.56 bits per heavy atom. The zero-order chi connectivity index (χ0) is 20.0. The van der Waals surface area contributed by atoms with Gasteiger partial charge in [0, 0.05) is 18.4 Å². The number of aryl methyl sites for hydroxylation is 1. The highest BCUT2D eigenvalue weighted by molar-refractivity contribution is 7.89. The second-order valence-electron chi connectivity index (χ2n) is 7.05. The zero-order valence-electron chi connectivity index (χ0n) is 16.4. The Labute approximate surface area is 162 Å². The van der Waals surface area contributed by atoms with Crippen LogP contribution in [0.5, 0.6) is 0 Å². The summed E-state index contributed by atoms with van der Waals surface area (Å²) in [6, 6.07) is 15.2. The van der Waals surface area contributed by atoms with Crippen molar-refractivity contribution in [3.8, 4) is 0 Å². The van der Waals surface area contributed by atoms with Crippen LogP contribution in [-0.2, 0) is 22.0 Å². The van der Waals surface area contributed by atoms with E-state index in [0.29, 0.717) is 17.7 Å². The highest BCUT2D eigenvalue weighted by Gasteiger charge is 2.16. The molecule has 0 bridgehead atoms. The molecule has 1 atom stereocenters. The van der Waals surface area contributed by atoms with Crippen molar-refractivity contribution in [2.45, 2.75) is 25.1 Å². The summed E-state index contributed by atoms with van der Waals surface area (Å²) in [5.41, 5.74) is 3.64. The average molecular weight is 389 g/mol. The van der Waals surface area contributed by atoms with Crippen LogP contribution >= 0.6 is 0 Å². The number of rotatable bonds is 8. The first-order valence-corrected chi connectivity index (χ1v) is 11.1. The molecule has 0 heterocycles. The fraction of sp³-hybridized carbons (Fsp3) is 0.381. The predicted octanol–water partition coefficient (Wildman–Crippen LogP) is 2.83. The second kappa shape index (κ2) is 9.15. The molecule has 2 aromatic rings. The predicted molar refractivity (Wildman–Crippen MR) is 110 cm³/mol. The topological polar surface area (TPSA) is 66.5 Å². The van der Waals surface area contributed by atoms with Crippen molar-refractivity contribution < 1.29 is 13.2 Å². The van der Waals surface area contributed by atoms with E-state index in [1.807, 2.05) is 14.1 Å². The first-order chi connectivity index (χ1) is 12.7. The van der Waals surface area contributed by atoms with Crippen molar-refractivity contribution in [2.24, 2.45) is 0 Å². The van der Waals surface area contributed by atoms with Gasteiger partial charge in [0.15, 0.2) is 9.84 Å². The number of carbonyl (C=O) groups excluding carboxylic acids is 1. The summed E-state index contributed by atoms with van der Waals surface area (Å²) in [5, 5.41) is 2.98. The van der Waals surface area contributed by atoms with E-state index in [9.17, 15) is 13.2 Å². The maximum Gasteiger partial charge on any atom is 0.251 e. The van der Waals surface area contributed by atoms with Crippen LogP contribution in [0.3, 0.4) is 0 Å². The Morgan fingerprint density at radius 1 is 1.00 bits per heavy atom. The Bertz CT molecular complexity index is 857. The lowest BCUT2D eigenvalue weighted by molar-refractivity contribution is 0.0942. The van der Waals surface area contributed by atoms with Gasteiger partial charge in [-0.25, -0.2) is 8.42 Å². The minimum absolute atomic E-state index is 0.0225. The fourth-order valence-electron chi connectivity index (χ4n) is 2.92. The van der Waals surface area contributed by atoms with Crippen molar-refractivity contribution in [2.75, 3.05) is 26.9 Å². The third-order valence-electron chi connectivity index (χ3n) is 4.50. The smallest absolute Gasteiger partial charge is 0.251 e. The molecular weight excluding hydrogens is 360 g/mol. The number of hydrogen-bond donors (Lipinski definition) is 1. The maximum atomic E-state index is 12.5. The minimum Gasteiger partial charge on any atom is -0.350 e.